The van der Waals surface area contributed by atoms with E-state index < -0.39 is 0 Å². The second-order valence-corrected chi connectivity index (χ2v) is 4.74. The highest BCUT2D eigenvalue weighted by Gasteiger charge is 2.16. The molecule has 0 aliphatic carbocycles. The third-order valence-electron chi connectivity index (χ3n) is 3.41. The summed E-state index contributed by atoms with van der Waals surface area (Å²) < 4.78 is 0. The number of nitriles is 1. The van der Waals surface area contributed by atoms with Gasteiger partial charge in [-0.25, -0.2) is 0 Å². The second-order valence-electron chi connectivity index (χ2n) is 4.74. The van der Waals surface area contributed by atoms with Gasteiger partial charge in [-0.05, 0) is 41.0 Å². The Balaban J connectivity index is 2.10. The predicted octanol–water partition coefficient (Wildman–Crippen LogP) is 3.53. The predicted molar refractivity (Wildman–Crippen MR) is 80.6 cm³/mol. The van der Waals surface area contributed by atoms with Gasteiger partial charge < -0.3 is 0 Å². The van der Waals surface area contributed by atoms with Crippen molar-refractivity contribution in [1.82, 2.24) is 9.97 Å². The van der Waals surface area contributed by atoms with Gasteiger partial charge in [-0.15, -0.1) is 0 Å². The molecule has 0 amide bonds. The molecule has 0 radical (unpaired) electrons. The Hall–Kier alpha value is -2.99. The van der Waals surface area contributed by atoms with E-state index in [4.69, 9.17) is 5.26 Å². The van der Waals surface area contributed by atoms with Crippen LogP contribution in [0.3, 0.4) is 0 Å². The maximum absolute atomic E-state index is 8.93. The van der Waals surface area contributed by atoms with Crippen molar-refractivity contribution in [1.29, 1.82) is 5.26 Å². The van der Waals surface area contributed by atoms with Crippen molar-refractivity contribution < 1.29 is 0 Å². The maximum atomic E-state index is 8.93. The number of hydrogen-bond acceptors (Lipinski definition) is 3. The Morgan fingerprint density at radius 2 is 1.33 bits per heavy atom. The van der Waals surface area contributed by atoms with E-state index in [9.17, 15) is 0 Å². The topological polar surface area (TPSA) is 49.6 Å². The SMILES string of the molecule is N#Cc1ccc(C(c2cccnc2)c2cccnc2)cc1. The zero-order valence-electron chi connectivity index (χ0n) is 11.3. The minimum Gasteiger partial charge on any atom is -0.264 e. The summed E-state index contributed by atoms with van der Waals surface area (Å²) in [6.07, 6.45) is 7.27. The fraction of sp³-hybridized carbons (Fsp3) is 0.0556. The number of pyridine rings is 2. The number of benzene rings is 1. The van der Waals surface area contributed by atoms with Crippen LogP contribution in [-0.2, 0) is 0 Å². The summed E-state index contributed by atoms with van der Waals surface area (Å²) in [7, 11) is 0. The average Bonchev–Trinajstić information content (AvgIpc) is 2.58. The summed E-state index contributed by atoms with van der Waals surface area (Å²) in [4.78, 5) is 8.44. The summed E-state index contributed by atoms with van der Waals surface area (Å²) >= 11 is 0. The van der Waals surface area contributed by atoms with Gasteiger partial charge >= 0.3 is 0 Å². The van der Waals surface area contributed by atoms with Crippen molar-refractivity contribution in [3.63, 3.8) is 0 Å². The van der Waals surface area contributed by atoms with Crippen LogP contribution in [0, 0.1) is 11.3 Å². The van der Waals surface area contributed by atoms with Gasteiger partial charge in [0.1, 0.15) is 0 Å². The summed E-state index contributed by atoms with van der Waals surface area (Å²) in [6, 6.07) is 17.8. The zero-order chi connectivity index (χ0) is 14.5. The van der Waals surface area contributed by atoms with E-state index in [1.165, 1.54) is 0 Å². The van der Waals surface area contributed by atoms with Crippen LogP contribution in [0.5, 0.6) is 0 Å². The number of aromatic nitrogens is 2. The molecule has 0 aliphatic heterocycles. The van der Waals surface area contributed by atoms with Crippen molar-refractivity contribution >= 4 is 0 Å². The van der Waals surface area contributed by atoms with Gasteiger partial charge in [0.2, 0.25) is 0 Å². The number of hydrogen-bond donors (Lipinski definition) is 0. The Labute approximate surface area is 123 Å². The van der Waals surface area contributed by atoms with Crippen LogP contribution < -0.4 is 0 Å². The van der Waals surface area contributed by atoms with Crippen LogP contribution in [0.25, 0.3) is 0 Å². The normalized spacial score (nSPS) is 10.3. The van der Waals surface area contributed by atoms with Crippen molar-refractivity contribution in [2.24, 2.45) is 0 Å². The van der Waals surface area contributed by atoms with Crippen molar-refractivity contribution in [2.45, 2.75) is 5.92 Å². The first kappa shape index (κ1) is 13.0. The summed E-state index contributed by atoms with van der Waals surface area (Å²) in [5.74, 6) is 0.0696. The molecule has 0 spiro atoms. The van der Waals surface area contributed by atoms with Crippen LogP contribution >= 0.6 is 0 Å². The second kappa shape index (κ2) is 5.98. The molecule has 3 heteroatoms. The van der Waals surface area contributed by atoms with E-state index in [-0.39, 0.29) is 5.92 Å². The Bertz CT molecular complexity index is 704. The first-order valence-electron chi connectivity index (χ1n) is 6.68. The molecule has 100 valence electrons. The standard InChI is InChI=1S/C18H13N3/c19-11-14-5-7-15(8-6-14)18(16-3-1-9-20-12-16)17-4-2-10-21-13-17/h1-10,12-13,18H. The van der Waals surface area contributed by atoms with Crippen LogP contribution in [0.1, 0.15) is 28.2 Å². The third-order valence-corrected chi connectivity index (χ3v) is 3.41. The number of rotatable bonds is 3. The molecular weight excluding hydrogens is 258 g/mol. The Morgan fingerprint density at radius 1 is 0.762 bits per heavy atom. The first-order chi connectivity index (χ1) is 10.4. The fourth-order valence-corrected chi connectivity index (χ4v) is 2.42. The Morgan fingerprint density at radius 3 is 1.76 bits per heavy atom. The molecule has 0 unspecified atom stereocenters. The molecule has 1 aromatic carbocycles. The molecule has 0 aliphatic rings. The smallest absolute Gasteiger partial charge is 0.0991 e. The van der Waals surface area contributed by atoms with Crippen molar-refractivity contribution in [2.75, 3.05) is 0 Å². The molecule has 21 heavy (non-hydrogen) atoms. The molecule has 0 bridgehead atoms. The first-order valence-corrected chi connectivity index (χ1v) is 6.68. The van der Waals surface area contributed by atoms with Crippen molar-refractivity contribution in [3.05, 3.63) is 95.6 Å². The lowest BCUT2D eigenvalue weighted by atomic mass is 9.86. The van der Waals surface area contributed by atoms with E-state index in [1.807, 2.05) is 48.8 Å². The summed E-state index contributed by atoms with van der Waals surface area (Å²) in [5, 5.41) is 8.93. The largest absolute Gasteiger partial charge is 0.264 e. The number of nitrogens with zero attached hydrogens (tertiary/aromatic N) is 3. The van der Waals surface area contributed by atoms with Crippen molar-refractivity contribution in [3.8, 4) is 6.07 Å². The van der Waals surface area contributed by atoms with E-state index in [0.717, 1.165) is 16.7 Å². The molecule has 0 atom stereocenters. The lowest BCUT2D eigenvalue weighted by molar-refractivity contribution is 0.951. The molecular formula is C18H13N3. The van der Waals surface area contributed by atoms with Gasteiger partial charge in [-0.2, -0.15) is 5.26 Å². The quantitative estimate of drug-likeness (QED) is 0.732. The van der Waals surface area contributed by atoms with E-state index in [2.05, 4.69) is 28.2 Å². The minimum absolute atomic E-state index is 0.0696. The summed E-state index contributed by atoms with van der Waals surface area (Å²) in [6.45, 7) is 0. The molecule has 3 nitrogen and oxygen atoms in total. The van der Waals surface area contributed by atoms with E-state index in [1.54, 1.807) is 12.4 Å². The van der Waals surface area contributed by atoms with Crippen LogP contribution in [-0.4, -0.2) is 9.97 Å². The van der Waals surface area contributed by atoms with E-state index in [0.29, 0.717) is 5.56 Å². The molecule has 3 aromatic rings. The molecule has 0 fully saturated rings. The average molecular weight is 271 g/mol. The highest BCUT2D eigenvalue weighted by molar-refractivity contribution is 5.43. The molecule has 3 rings (SSSR count). The molecule has 2 aromatic heterocycles. The third kappa shape index (κ3) is 2.80. The molecule has 0 N–H and O–H groups in total. The highest BCUT2D eigenvalue weighted by atomic mass is 14.6. The minimum atomic E-state index is 0.0696. The van der Waals surface area contributed by atoms with Gasteiger partial charge in [-0.3, -0.25) is 9.97 Å². The van der Waals surface area contributed by atoms with Gasteiger partial charge in [0.25, 0.3) is 0 Å². The maximum Gasteiger partial charge on any atom is 0.0991 e. The van der Waals surface area contributed by atoms with Gasteiger partial charge in [0.15, 0.2) is 0 Å². The highest BCUT2D eigenvalue weighted by Crippen LogP contribution is 2.30. The van der Waals surface area contributed by atoms with E-state index >= 15 is 0 Å². The lowest BCUT2D eigenvalue weighted by Crippen LogP contribution is -2.04. The molecule has 2 heterocycles. The molecule has 0 saturated carbocycles. The fourth-order valence-electron chi connectivity index (χ4n) is 2.42. The monoisotopic (exact) mass is 271 g/mol. The molecule has 0 saturated heterocycles. The Kier molecular flexibility index (Phi) is 3.70. The van der Waals surface area contributed by atoms with Crippen LogP contribution in [0.2, 0.25) is 0 Å². The van der Waals surface area contributed by atoms with Crippen LogP contribution in [0.15, 0.2) is 73.3 Å². The summed E-state index contributed by atoms with van der Waals surface area (Å²) in [5.41, 5.74) is 4.00. The van der Waals surface area contributed by atoms with Gasteiger partial charge in [-0.1, -0.05) is 24.3 Å². The van der Waals surface area contributed by atoms with Gasteiger partial charge in [0.05, 0.1) is 11.6 Å². The lowest BCUT2D eigenvalue weighted by Gasteiger charge is -2.18. The zero-order valence-corrected chi connectivity index (χ0v) is 11.3. The van der Waals surface area contributed by atoms with Gasteiger partial charge in [0, 0.05) is 30.7 Å². The van der Waals surface area contributed by atoms with Crippen LogP contribution in [0.4, 0.5) is 0 Å².